The van der Waals surface area contributed by atoms with Crippen LogP contribution in [0.5, 0.6) is 0 Å². The lowest BCUT2D eigenvalue weighted by Gasteiger charge is -1.92. The first kappa shape index (κ1) is 11.0. The maximum atomic E-state index is 11.0. The van der Waals surface area contributed by atoms with E-state index in [1.165, 1.54) is 6.20 Å². The number of carboxylic acid groups (broad SMARTS) is 1. The topological polar surface area (TPSA) is 79.1 Å². The van der Waals surface area contributed by atoms with Crippen molar-refractivity contribution in [3.63, 3.8) is 0 Å². The third-order valence-electron chi connectivity index (χ3n) is 2.63. The number of fused-ring (bicyclic) bond motifs is 1. The smallest absolute Gasteiger partial charge is 0.341 e. The number of H-pyrrole nitrogens is 1. The molecule has 0 aliphatic rings. The lowest BCUT2D eigenvalue weighted by atomic mass is 10.2. The molecule has 0 bridgehead atoms. The number of aromatic nitrogens is 2. The first-order valence-corrected chi connectivity index (χ1v) is 5.91. The van der Waals surface area contributed by atoms with Gasteiger partial charge in [0.25, 0.3) is 0 Å². The van der Waals surface area contributed by atoms with Crippen LogP contribution >= 0.6 is 15.9 Å². The summed E-state index contributed by atoms with van der Waals surface area (Å²) in [7, 11) is 0. The number of hydrogen-bond acceptors (Lipinski definition) is 3. The van der Waals surface area contributed by atoms with Gasteiger partial charge >= 0.3 is 5.97 Å². The summed E-state index contributed by atoms with van der Waals surface area (Å²) in [6.07, 6.45) is 1.19. The molecule has 3 rings (SSSR count). The van der Waals surface area contributed by atoms with E-state index in [0.717, 1.165) is 15.4 Å². The average Bonchev–Trinajstić information content (AvgIpc) is 2.93. The number of aromatic carboxylic acids is 1. The second-order valence-electron chi connectivity index (χ2n) is 3.79. The number of benzene rings is 1. The minimum absolute atomic E-state index is 0.0422. The van der Waals surface area contributed by atoms with Gasteiger partial charge in [-0.25, -0.2) is 4.79 Å². The van der Waals surface area contributed by atoms with Gasteiger partial charge in [0.15, 0.2) is 5.76 Å². The number of aromatic amines is 1. The van der Waals surface area contributed by atoms with Crippen LogP contribution in [-0.4, -0.2) is 21.2 Å². The molecule has 2 N–H and O–H groups in total. The SMILES string of the molecule is O=C(O)c1cnoc1-c1cc2ccc(Br)cc2[nH]1. The summed E-state index contributed by atoms with van der Waals surface area (Å²) in [5, 5.41) is 13.5. The predicted octanol–water partition coefficient (Wildman–Crippen LogP) is 3.28. The van der Waals surface area contributed by atoms with Crippen LogP contribution in [0.25, 0.3) is 22.4 Å². The molecular formula is C12H7BrN2O3. The molecule has 5 nitrogen and oxygen atoms in total. The van der Waals surface area contributed by atoms with Gasteiger partial charge in [-0.1, -0.05) is 27.2 Å². The number of rotatable bonds is 2. The number of nitrogens with zero attached hydrogens (tertiary/aromatic N) is 1. The van der Waals surface area contributed by atoms with Crippen LogP contribution in [0.15, 0.2) is 39.5 Å². The molecule has 3 aromatic rings. The number of carbonyl (C=O) groups is 1. The molecule has 18 heavy (non-hydrogen) atoms. The van der Waals surface area contributed by atoms with Crippen molar-refractivity contribution in [2.75, 3.05) is 0 Å². The van der Waals surface area contributed by atoms with Gasteiger partial charge in [0.1, 0.15) is 5.56 Å². The van der Waals surface area contributed by atoms with Crippen molar-refractivity contribution in [2.45, 2.75) is 0 Å². The quantitative estimate of drug-likeness (QED) is 0.761. The second kappa shape index (κ2) is 3.99. The second-order valence-corrected chi connectivity index (χ2v) is 4.70. The molecule has 0 atom stereocenters. The zero-order chi connectivity index (χ0) is 12.7. The molecule has 0 saturated carbocycles. The molecule has 0 aliphatic carbocycles. The van der Waals surface area contributed by atoms with Crippen LogP contribution in [0.1, 0.15) is 10.4 Å². The minimum atomic E-state index is -1.06. The maximum Gasteiger partial charge on any atom is 0.341 e. The summed E-state index contributed by atoms with van der Waals surface area (Å²) in [5.41, 5.74) is 1.53. The highest BCUT2D eigenvalue weighted by atomic mass is 79.9. The highest BCUT2D eigenvalue weighted by molar-refractivity contribution is 9.10. The fourth-order valence-electron chi connectivity index (χ4n) is 1.81. The average molecular weight is 307 g/mol. The summed E-state index contributed by atoms with van der Waals surface area (Å²) in [6, 6.07) is 7.58. The van der Waals surface area contributed by atoms with Gasteiger partial charge in [0, 0.05) is 15.4 Å². The van der Waals surface area contributed by atoms with Crippen LogP contribution < -0.4 is 0 Å². The van der Waals surface area contributed by atoms with Gasteiger partial charge in [0.05, 0.1) is 11.9 Å². The Labute approximate surface area is 110 Å². The molecule has 0 radical (unpaired) electrons. The van der Waals surface area contributed by atoms with E-state index in [1.54, 1.807) is 0 Å². The van der Waals surface area contributed by atoms with Crippen LogP contribution in [0.2, 0.25) is 0 Å². The molecule has 0 fully saturated rings. The minimum Gasteiger partial charge on any atom is -0.477 e. The molecule has 2 aromatic heterocycles. The van der Waals surface area contributed by atoms with Crippen molar-refractivity contribution in [2.24, 2.45) is 0 Å². The van der Waals surface area contributed by atoms with Crippen LogP contribution in [-0.2, 0) is 0 Å². The van der Waals surface area contributed by atoms with Gasteiger partial charge in [-0.2, -0.15) is 0 Å². The number of nitrogens with one attached hydrogen (secondary N) is 1. The van der Waals surface area contributed by atoms with Crippen LogP contribution in [0.4, 0.5) is 0 Å². The fourth-order valence-corrected chi connectivity index (χ4v) is 2.17. The number of carboxylic acids is 1. The van der Waals surface area contributed by atoms with E-state index >= 15 is 0 Å². The third kappa shape index (κ3) is 1.70. The summed E-state index contributed by atoms with van der Waals surface area (Å²) in [5.74, 6) is -0.832. The molecule has 0 amide bonds. The van der Waals surface area contributed by atoms with E-state index in [-0.39, 0.29) is 11.3 Å². The van der Waals surface area contributed by atoms with Crippen molar-refractivity contribution in [1.82, 2.24) is 10.1 Å². The molecule has 0 spiro atoms. The monoisotopic (exact) mass is 306 g/mol. The number of halogens is 1. The standard InChI is InChI=1S/C12H7BrN2O3/c13-7-2-1-6-3-10(15-9(6)4-7)11-8(12(16)17)5-14-18-11/h1-5,15H,(H,16,17). The van der Waals surface area contributed by atoms with Crippen molar-refractivity contribution in [3.8, 4) is 11.5 Å². The van der Waals surface area contributed by atoms with Crippen LogP contribution in [0, 0.1) is 0 Å². The van der Waals surface area contributed by atoms with Gasteiger partial charge in [-0.15, -0.1) is 0 Å². The van der Waals surface area contributed by atoms with Gasteiger partial charge in [-0.3, -0.25) is 0 Å². The lowest BCUT2D eigenvalue weighted by molar-refractivity contribution is 0.0697. The van der Waals surface area contributed by atoms with Crippen molar-refractivity contribution in [1.29, 1.82) is 0 Å². The molecule has 0 aliphatic heterocycles. The Balaban J connectivity index is 2.19. The molecule has 6 heteroatoms. The predicted molar refractivity (Wildman–Crippen MR) is 68.5 cm³/mol. The lowest BCUT2D eigenvalue weighted by Crippen LogP contribution is -1.95. The molecule has 1 aromatic carbocycles. The van der Waals surface area contributed by atoms with E-state index in [1.807, 2.05) is 24.3 Å². The van der Waals surface area contributed by atoms with Gasteiger partial charge in [-0.05, 0) is 18.2 Å². The van der Waals surface area contributed by atoms with Crippen LogP contribution in [0.3, 0.4) is 0 Å². The van der Waals surface area contributed by atoms with Gasteiger partial charge < -0.3 is 14.6 Å². The highest BCUT2D eigenvalue weighted by Crippen LogP contribution is 2.28. The Kier molecular flexibility index (Phi) is 2.45. The molecule has 0 unspecified atom stereocenters. The van der Waals surface area contributed by atoms with Crippen molar-refractivity contribution >= 4 is 32.8 Å². The Morgan fingerprint density at radius 2 is 2.22 bits per heavy atom. The first-order chi connectivity index (χ1) is 8.65. The number of hydrogen-bond donors (Lipinski definition) is 2. The third-order valence-corrected chi connectivity index (χ3v) is 3.12. The zero-order valence-corrected chi connectivity index (χ0v) is 10.6. The summed E-state index contributed by atoms with van der Waals surface area (Å²) in [4.78, 5) is 14.1. The molecule has 90 valence electrons. The summed E-state index contributed by atoms with van der Waals surface area (Å²) in [6.45, 7) is 0. The van der Waals surface area contributed by atoms with E-state index in [9.17, 15) is 4.79 Å². The van der Waals surface area contributed by atoms with E-state index in [2.05, 4.69) is 26.1 Å². The highest BCUT2D eigenvalue weighted by Gasteiger charge is 2.18. The molecule has 2 heterocycles. The van der Waals surface area contributed by atoms with E-state index in [0.29, 0.717) is 5.69 Å². The molecule has 0 saturated heterocycles. The Bertz CT molecular complexity index is 745. The Morgan fingerprint density at radius 1 is 1.39 bits per heavy atom. The fraction of sp³-hybridized carbons (Fsp3) is 0. The van der Waals surface area contributed by atoms with E-state index in [4.69, 9.17) is 9.63 Å². The largest absolute Gasteiger partial charge is 0.477 e. The Morgan fingerprint density at radius 3 is 3.00 bits per heavy atom. The van der Waals surface area contributed by atoms with Crippen molar-refractivity contribution < 1.29 is 14.4 Å². The summed E-state index contributed by atoms with van der Waals surface area (Å²) < 4.78 is 5.94. The molecular weight excluding hydrogens is 300 g/mol. The zero-order valence-electron chi connectivity index (χ0n) is 8.98. The van der Waals surface area contributed by atoms with E-state index < -0.39 is 5.97 Å². The van der Waals surface area contributed by atoms with Crippen molar-refractivity contribution in [3.05, 3.63) is 40.5 Å². The first-order valence-electron chi connectivity index (χ1n) is 5.12. The normalized spacial score (nSPS) is 10.9. The Hall–Kier alpha value is -2.08. The summed E-state index contributed by atoms with van der Waals surface area (Å²) >= 11 is 3.38. The van der Waals surface area contributed by atoms with Gasteiger partial charge in [0.2, 0.25) is 0 Å². The maximum absolute atomic E-state index is 11.0.